The van der Waals surface area contributed by atoms with Gasteiger partial charge < -0.3 is 9.15 Å². The Labute approximate surface area is 156 Å². The molecule has 0 aliphatic carbocycles. The molecule has 0 saturated heterocycles. The fraction of sp³-hybridized carbons (Fsp3) is 0.158. The molecular weight excluding hydrogens is 385 g/mol. The molecule has 0 spiro atoms. The summed E-state index contributed by atoms with van der Waals surface area (Å²) >= 11 is 6.09. The largest absolute Gasteiger partial charge is 0.457 e. The second kappa shape index (κ2) is 7.08. The normalized spacial score (nSPS) is 11.6. The van der Waals surface area contributed by atoms with Crippen LogP contribution < -0.4 is 5.63 Å². The van der Waals surface area contributed by atoms with E-state index in [9.17, 15) is 22.8 Å². The SMILES string of the molecule is Cc1cc2oc(=O)cc(COC(=O)c3ccc(C(F)(F)F)cc3)c2cc1Cl. The van der Waals surface area contributed by atoms with E-state index >= 15 is 0 Å². The van der Waals surface area contributed by atoms with E-state index in [1.165, 1.54) is 6.07 Å². The first-order valence-corrected chi connectivity index (χ1v) is 8.10. The average Bonchev–Trinajstić information content (AvgIpc) is 2.60. The van der Waals surface area contributed by atoms with Crippen LogP contribution in [-0.4, -0.2) is 5.97 Å². The van der Waals surface area contributed by atoms with Gasteiger partial charge in [-0.1, -0.05) is 11.6 Å². The van der Waals surface area contributed by atoms with Crippen molar-refractivity contribution in [1.29, 1.82) is 0 Å². The molecule has 0 radical (unpaired) electrons. The van der Waals surface area contributed by atoms with Crippen LogP contribution in [0.15, 0.2) is 51.7 Å². The summed E-state index contributed by atoms with van der Waals surface area (Å²) < 4.78 is 48.0. The summed E-state index contributed by atoms with van der Waals surface area (Å²) in [6.45, 7) is 1.49. The molecule has 2 aromatic carbocycles. The van der Waals surface area contributed by atoms with Gasteiger partial charge in [0.25, 0.3) is 0 Å². The number of halogens is 4. The van der Waals surface area contributed by atoms with Crippen LogP contribution >= 0.6 is 11.6 Å². The predicted octanol–water partition coefficient (Wildman–Crippen LogP) is 5.13. The second-order valence-electron chi connectivity index (χ2n) is 5.84. The van der Waals surface area contributed by atoms with Crippen molar-refractivity contribution in [3.63, 3.8) is 0 Å². The van der Waals surface area contributed by atoms with Crippen LogP contribution in [0.2, 0.25) is 5.02 Å². The number of esters is 1. The first-order chi connectivity index (χ1) is 12.6. The lowest BCUT2D eigenvalue weighted by Crippen LogP contribution is -2.09. The van der Waals surface area contributed by atoms with Crippen LogP contribution in [0.25, 0.3) is 11.0 Å². The topological polar surface area (TPSA) is 56.5 Å². The first-order valence-electron chi connectivity index (χ1n) is 7.72. The maximum atomic E-state index is 12.6. The predicted molar refractivity (Wildman–Crippen MR) is 92.8 cm³/mol. The number of carbonyl (C=O) groups excluding carboxylic acids is 1. The summed E-state index contributed by atoms with van der Waals surface area (Å²) in [7, 11) is 0. The van der Waals surface area contributed by atoms with Gasteiger partial charge in [0.05, 0.1) is 11.1 Å². The molecule has 8 heteroatoms. The van der Waals surface area contributed by atoms with E-state index in [1.807, 2.05) is 0 Å². The van der Waals surface area contributed by atoms with Gasteiger partial charge in [-0.2, -0.15) is 13.2 Å². The molecular formula is C19H12ClF3O4. The number of rotatable bonds is 3. The van der Waals surface area contributed by atoms with Crippen molar-refractivity contribution in [2.75, 3.05) is 0 Å². The Bertz CT molecular complexity index is 1070. The third-order valence-corrected chi connectivity index (χ3v) is 4.32. The van der Waals surface area contributed by atoms with Crippen molar-refractivity contribution in [3.8, 4) is 0 Å². The quantitative estimate of drug-likeness (QED) is 0.455. The van der Waals surface area contributed by atoms with E-state index in [4.69, 9.17) is 20.8 Å². The van der Waals surface area contributed by atoms with Gasteiger partial charge in [0.1, 0.15) is 12.2 Å². The number of carbonyl (C=O) groups is 1. The van der Waals surface area contributed by atoms with Crippen LogP contribution in [0.3, 0.4) is 0 Å². The molecule has 27 heavy (non-hydrogen) atoms. The van der Waals surface area contributed by atoms with E-state index in [-0.39, 0.29) is 12.2 Å². The Morgan fingerprint density at radius 2 is 1.81 bits per heavy atom. The highest BCUT2D eigenvalue weighted by Gasteiger charge is 2.30. The van der Waals surface area contributed by atoms with Gasteiger partial charge >= 0.3 is 17.8 Å². The monoisotopic (exact) mass is 396 g/mol. The Balaban J connectivity index is 1.83. The molecule has 140 valence electrons. The van der Waals surface area contributed by atoms with E-state index in [1.54, 1.807) is 19.1 Å². The highest BCUT2D eigenvalue weighted by Crippen LogP contribution is 2.29. The minimum absolute atomic E-state index is 0.0378. The lowest BCUT2D eigenvalue weighted by Gasteiger charge is -2.10. The van der Waals surface area contributed by atoms with E-state index in [0.29, 0.717) is 27.1 Å². The minimum atomic E-state index is -4.49. The fourth-order valence-electron chi connectivity index (χ4n) is 2.49. The molecule has 0 N–H and O–H groups in total. The van der Waals surface area contributed by atoms with Gasteiger partial charge in [0, 0.05) is 22.0 Å². The van der Waals surface area contributed by atoms with Gasteiger partial charge in [-0.05, 0) is 48.9 Å². The van der Waals surface area contributed by atoms with E-state index in [2.05, 4.69) is 0 Å². The summed E-state index contributed by atoms with van der Waals surface area (Å²) in [5.74, 6) is -0.816. The molecule has 4 nitrogen and oxygen atoms in total. The molecule has 0 aliphatic heterocycles. The van der Waals surface area contributed by atoms with Crippen molar-refractivity contribution in [2.24, 2.45) is 0 Å². The number of aryl methyl sites for hydroxylation is 1. The highest BCUT2D eigenvalue weighted by molar-refractivity contribution is 6.32. The molecule has 0 fully saturated rings. The van der Waals surface area contributed by atoms with Crippen molar-refractivity contribution in [3.05, 3.63) is 80.2 Å². The van der Waals surface area contributed by atoms with Gasteiger partial charge in [0.15, 0.2) is 0 Å². The maximum absolute atomic E-state index is 12.6. The molecule has 0 bridgehead atoms. The molecule has 1 aromatic heterocycles. The number of hydrogen-bond donors (Lipinski definition) is 0. The Morgan fingerprint density at radius 1 is 1.15 bits per heavy atom. The standard InChI is InChI=1S/C19H12ClF3O4/c1-10-6-16-14(8-15(10)20)12(7-17(24)27-16)9-26-18(25)11-2-4-13(5-3-11)19(21,22)23/h2-8H,9H2,1H3. The average molecular weight is 397 g/mol. The Morgan fingerprint density at radius 3 is 2.44 bits per heavy atom. The summed E-state index contributed by atoms with van der Waals surface area (Å²) in [4.78, 5) is 23.8. The van der Waals surface area contributed by atoms with Crippen molar-refractivity contribution < 1.29 is 27.1 Å². The summed E-state index contributed by atoms with van der Waals surface area (Å²) in [6.07, 6.45) is -4.49. The number of fused-ring (bicyclic) bond motifs is 1. The summed E-state index contributed by atoms with van der Waals surface area (Å²) in [5, 5.41) is 0.956. The molecule has 3 rings (SSSR count). The summed E-state index contributed by atoms with van der Waals surface area (Å²) in [6, 6.07) is 8.02. The number of alkyl halides is 3. The zero-order valence-electron chi connectivity index (χ0n) is 13.9. The molecule has 0 unspecified atom stereocenters. The van der Waals surface area contributed by atoms with Gasteiger partial charge in [-0.15, -0.1) is 0 Å². The fourth-order valence-corrected chi connectivity index (χ4v) is 2.65. The molecule has 1 heterocycles. The Hall–Kier alpha value is -2.80. The van der Waals surface area contributed by atoms with Crippen LogP contribution in [0, 0.1) is 6.92 Å². The lowest BCUT2D eigenvalue weighted by molar-refractivity contribution is -0.137. The van der Waals surface area contributed by atoms with Crippen LogP contribution in [0.1, 0.15) is 27.0 Å². The molecule has 0 atom stereocenters. The van der Waals surface area contributed by atoms with Crippen molar-refractivity contribution >= 4 is 28.5 Å². The first kappa shape index (κ1) is 19.0. The second-order valence-corrected chi connectivity index (χ2v) is 6.25. The zero-order chi connectivity index (χ0) is 19.8. The maximum Gasteiger partial charge on any atom is 0.416 e. The summed E-state index contributed by atoms with van der Waals surface area (Å²) in [5.41, 5.74) is -0.135. The molecule has 0 aliphatic rings. The van der Waals surface area contributed by atoms with E-state index < -0.39 is 23.3 Å². The zero-order valence-corrected chi connectivity index (χ0v) is 14.6. The number of ether oxygens (including phenoxy) is 1. The third kappa shape index (κ3) is 4.14. The van der Waals surface area contributed by atoms with E-state index in [0.717, 1.165) is 24.3 Å². The van der Waals surface area contributed by atoms with Crippen molar-refractivity contribution in [2.45, 2.75) is 19.7 Å². The molecule has 0 saturated carbocycles. The van der Waals surface area contributed by atoms with Crippen LogP contribution in [0.4, 0.5) is 13.2 Å². The number of benzene rings is 2. The Kier molecular flexibility index (Phi) is 4.97. The smallest absolute Gasteiger partial charge is 0.416 e. The van der Waals surface area contributed by atoms with Gasteiger partial charge in [-0.25, -0.2) is 9.59 Å². The third-order valence-electron chi connectivity index (χ3n) is 3.92. The van der Waals surface area contributed by atoms with Crippen molar-refractivity contribution in [1.82, 2.24) is 0 Å². The van der Waals surface area contributed by atoms with Crippen LogP contribution in [-0.2, 0) is 17.5 Å². The lowest BCUT2D eigenvalue weighted by atomic mass is 10.1. The van der Waals surface area contributed by atoms with Gasteiger partial charge in [0.2, 0.25) is 0 Å². The highest BCUT2D eigenvalue weighted by atomic mass is 35.5. The molecule has 3 aromatic rings. The minimum Gasteiger partial charge on any atom is -0.457 e. The molecule has 0 amide bonds. The number of hydrogen-bond acceptors (Lipinski definition) is 4. The van der Waals surface area contributed by atoms with Gasteiger partial charge in [-0.3, -0.25) is 0 Å². The van der Waals surface area contributed by atoms with Crippen LogP contribution in [0.5, 0.6) is 0 Å².